The number of hydrogen-bond acceptors (Lipinski definition) is 4. The van der Waals surface area contributed by atoms with Crippen LogP contribution in [0.5, 0.6) is 0 Å². The van der Waals surface area contributed by atoms with Crippen molar-refractivity contribution in [2.24, 2.45) is 0 Å². The summed E-state index contributed by atoms with van der Waals surface area (Å²) in [5.41, 5.74) is 0.303. The number of aryl methyl sites for hydroxylation is 1. The summed E-state index contributed by atoms with van der Waals surface area (Å²) in [6, 6.07) is 6.16. The van der Waals surface area contributed by atoms with Gasteiger partial charge in [-0.15, -0.1) is 0 Å². The van der Waals surface area contributed by atoms with Crippen molar-refractivity contribution in [1.29, 1.82) is 5.26 Å². The van der Waals surface area contributed by atoms with Gasteiger partial charge >= 0.3 is 5.97 Å². The van der Waals surface area contributed by atoms with Crippen molar-refractivity contribution in [2.45, 2.75) is 25.5 Å². The highest BCUT2D eigenvalue weighted by Gasteiger charge is 2.25. The van der Waals surface area contributed by atoms with Crippen molar-refractivity contribution in [2.75, 3.05) is 4.72 Å². The van der Waals surface area contributed by atoms with Gasteiger partial charge in [0.2, 0.25) is 10.0 Å². The quantitative estimate of drug-likeness (QED) is 0.855. The maximum absolute atomic E-state index is 11.9. The molecule has 0 spiro atoms. The van der Waals surface area contributed by atoms with Crippen LogP contribution in [0.4, 0.5) is 5.69 Å². The molecule has 0 bridgehead atoms. The number of nitrogens with zero attached hydrogens (tertiary/aromatic N) is 1. The van der Waals surface area contributed by atoms with E-state index in [1.54, 1.807) is 32.0 Å². The monoisotopic (exact) mass is 282 g/mol. The number of nitrogens with one attached hydrogen (secondary N) is 1. The average Bonchev–Trinajstić information content (AvgIpc) is 2.28. The van der Waals surface area contributed by atoms with Crippen LogP contribution in [0.15, 0.2) is 18.2 Å². The molecular weight excluding hydrogens is 268 g/mol. The minimum Gasteiger partial charge on any atom is -0.478 e. The van der Waals surface area contributed by atoms with Crippen molar-refractivity contribution in [3.63, 3.8) is 0 Å². The van der Waals surface area contributed by atoms with Crippen LogP contribution in [0.3, 0.4) is 0 Å². The van der Waals surface area contributed by atoms with Crippen LogP contribution < -0.4 is 4.72 Å². The molecule has 2 N–H and O–H groups in total. The molecule has 0 aliphatic rings. The van der Waals surface area contributed by atoms with Crippen LogP contribution in [0, 0.1) is 18.3 Å². The molecule has 0 radical (unpaired) electrons. The average molecular weight is 282 g/mol. The van der Waals surface area contributed by atoms with Gasteiger partial charge in [-0.3, -0.25) is 4.72 Å². The van der Waals surface area contributed by atoms with E-state index < -0.39 is 21.2 Å². The van der Waals surface area contributed by atoms with Crippen molar-refractivity contribution >= 4 is 21.7 Å². The van der Waals surface area contributed by atoms with Gasteiger partial charge in [0.1, 0.15) is 0 Å². The van der Waals surface area contributed by atoms with E-state index in [-0.39, 0.29) is 17.7 Å². The smallest absolute Gasteiger partial charge is 0.338 e. The van der Waals surface area contributed by atoms with E-state index in [1.807, 2.05) is 0 Å². The summed E-state index contributed by atoms with van der Waals surface area (Å²) in [6.07, 6.45) is 0.125. The molecule has 6 nitrogen and oxygen atoms in total. The van der Waals surface area contributed by atoms with E-state index in [4.69, 9.17) is 10.4 Å². The lowest BCUT2D eigenvalue weighted by Gasteiger charge is -2.14. The van der Waals surface area contributed by atoms with E-state index >= 15 is 0 Å². The SMILES string of the molecule is CCC(C#N)S(=O)(=O)Nc1cccc(C)c1C(=O)O. The molecule has 1 aromatic carbocycles. The van der Waals surface area contributed by atoms with Gasteiger partial charge in [0.25, 0.3) is 0 Å². The minimum absolute atomic E-state index is 0.0267. The first-order chi connectivity index (χ1) is 8.83. The topological polar surface area (TPSA) is 107 Å². The lowest BCUT2D eigenvalue weighted by Crippen LogP contribution is -2.27. The fraction of sp³-hybridized carbons (Fsp3) is 0.333. The van der Waals surface area contributed by atoms with E-state index in [0.717, 1.165) is 0 Å². The zero-order chi connectivity index (χ0) is 14.6. The van der Waals surface area contributed by atoms with Crippen molar-refractivity contribution in [3.8, 4) is 6.07 Å². The third-order valence-electron chi connectivity index (χ3n) is 2.63. The molecule has 0 amide bonds. The highest BCUT2D eigenvalue weighted by molar-refractivity contribution is 7.93. The number of sulfonamides is 1. The molecule has 1 atom stereocenters. The first-order valence-corrected chi connectivity index (χ1v) is 7.12. The molecule has 1 aromatic rings. The predicted octanol–water partition coefficient (Wildman–Crippen LogP) is 1.74. The standard InChI is InChI=1S/C12H14N2O4S/c1-3-9(7-13)19(17,18)14-10-6-4-5-8(2)11(10)12(15)16/h4-6,9,14H,3H2,1-2H3,(H,15,16). The van der Waals surface area contributed by atoms with Gasteiger partial charge in [-0.2, -0.15) is 5.26 Å². The summed E-state index contributed by atoms with van der Waals surface area (Å²) >= 11 is 0. The van der Waals surface area contributed by atoms with Gasteiger partial charge in [-0.25, -0.2) is 13.2 Å². The molecule has 0 aliphatic heterocycles. The number of carbonyl (C=O) groups is 1. The molecule has 0 saturated heterocycles. The first kappa shape index (κ1) is 15.0. The van der Waals surface area contributed by atoms with Gasteiger partial charge in [0.05, 0.1) is 17.3 Å². The molecule has 19 heavy (non-hydrogen) atoms. The second-order valence-electron chi connectivity index (χ2n) is 3.98. The minimum atomic E-state index is -3.92. The number of hydrogen-bond donors (Lipinski definition) is 2. The normalized spacial score (nSPS) is 12.5. The Morgan fingerprint density at radius 2 is 2.16 bits per heavy atom. The van der Waals surface area contributed by atoms with Gasteiger partial charge in [-0.1, -0.05) is 19.1 Å². The van der Waals surface area contributed by atoms with Crippen LogP contribution in [0.1, 0.15) is 29.3 Å². The van der Waals surface area contributed by atoms with Gasteiger partial charge < -0.3 is 5.11 Å². The molecular formula is C12H14N2O4S. The van der Waals surface area contributed by atoms with E-state index in [1.165, 1.54) is 6.07 Å². The molecule has 1 unspecified atom stereocenters. The summed E-state index contributed by atoms with van der Waals surface area (Å²) in [5.74, 6) is -1.22. The Morgan fingerprint density at radius 3 is 2.63 bits per heavy atom. The molecule has 0 fully saturated rings. The van der Waals surface area contributed by atoms with Gasteiger partial charge in [0.15, 0.2) is 5.25 Å². The third kappa shape index (κ3) is 3.23. The Hall–Kier alpha value is -2.07. The molecule has 0 saturated carbocycles. The molecule has 0 aliphatic carbocycles. The fourth-order valence-corrected chi connectivity index (χ4v) is 2.84. The Balaban J connectivity index is 3.25. The zero-order valence-corrected chi connectivity index (χ0v) is 11.4. The number of aromatic carboxylic acids is 1. The Labute approximate surface area is 111 Å². The summed E-state index contributed by atoms with van der Waals surface area (Å²) < 4.78 is 26.0. The zero-order valence-electron chi connectivity index (χ0n) is 10.5. The lowest BCUT2D eigenvalue weighted by molar-refractivity contribution is 0.0697. The van der Waals surface area contributed by atoms with Crippen molar-refractivity contribution in [1.82, 2.24) is 0 Å². The maximum Gasteiger partial charge on any atom is 0.338 e. The van der Waals surface area contributed by atoms with E-state index in [0.29, 0.717) is 5.56 Å². The molecule has 1 rings (SSSR count). The number of anilines is 1. The maximum atomic E-state index is 11.9. The van der Waals surface area contributed by atoms with Crippen molar-refractivity contribution in [3.05, 3.63) is 29.3 Å². The van der Waals surface area contributed by atoms with Gasteiger partial charge in [-0.05, 0) is 25.0 Å². The molecule has 0 aromatic heterocycles. The Kier molecular flexibility index (Phi) is 4.51. The largest absolute Gasteiger partial charge is 0.478 e. The summed E-state index contributed by atoms with van der Waals surface area (Å²) in [7, 11) is -3.92. The van der Waals surface area contributed by atoms with Crippen LogP contribution >= 0.6 is 0 Å². The Morgan fingerprint density at radius 1 is 1.53 bits per heavy atom. The van der Waals surface area contributed by atoms with Gasteiger partial charge in [0, 0.05) is 0 Å². The van der Waals surface area contributed by atoms with Crippen LogP contribution in [0.2, 0.25) is 0 Å². The number of benzene rings is 1. The fourth-order valence-electron chi connectivity index (χ4n) is 1.64. The summed E-state index contributed by atoms with van der Waals surface area (Å²) in [6.45, 7) is 3.14. The summed E-state index contributed by atoms with van der Waals surface area (Å²) in [4.78, 5) is 11.1. The second-order valence-corrected chi connectivity index (χ2v) is 5.84. The lowest BCUT2D eigenvalue weighted by atomic mass is 10.1. The van der Waals surface area contributed by atoms with Crippen LogP contribution in [-0.4, -0.2) is 24.7 Å². The molecule has 0 heterocycles. The number of nitriles is 1. The first-order valence-electron chi connectivity index (χ1n) is 5.57. The number of carboxylic acids is 1. The Bertz CT molecular complexity index is 632. The third-order valence-corrected chi connectivity index (χ3v) is 4.32. The predicted molar refractivity (Wildman–Crippen MR) is 70.4 cm³/mol. The summed E-state index contributed by atoms with van der Waals surface area (Å²) in [5, 5.41) is 16.7. The second kappa shape index (κ2) is 5.71. The molecule has 7 heteroatoms. The molecule has 102 valence electrons. The van der Waals surface area contributed by atoms with E-state index in [9.17, 15) is 13.2 Å². The highest BCUT2D eigenvalue weighted by atomic mass is 32.2. The van der Waals surface area contributed by atoms with Crippen LogP contribution in [0.25, 0.3) is 0 Å². The van der Waals surface area contributed by atoms with Crippen molar-refractivity contribution < 1.29 is 18.3 Å². The van der Waals surface area contributed by atoms with E-state index in [2.05, 4.69) is 4.72 Å². The number of rotatable bonds is 5. The highest BCUT2D eigenvalue weighted by Crippen LogP contribution is 2.22. The number of carboxylic acid groups (broad SMARTS) is 1. The van der Waals surface area contributed by atoms with Crippen LogP contribution in [-0.2, 0) is 10.0 Å².